The molecule has 1 aromatic rings. The van der Waals surface area contributed by atoms with Crippen LogP contribution in [0.5, 0.6) is 0 Å². The number of aliphatic imine (C=N–C) groups is 1. The van der Waals surface area contributed by atoms with Gasteiger partial charge < -0.3 is 16.4 Å². The van der Waals surface area contributed by atoms with Crippen molar-refractivity contribution in [3.8, 4) is 0 Å². The highest BCUT2D eigenvalue weighted by molar-refractivity contribution is 5.86. The lowest BCUT2D eigenvalue weighted by atomic mass is 10.2. The van der Waals surface area contributed by atoms with Gasteiger partial charge in [0.15, 0.2) is 0 Å². The second-order valence-corrected chi connectivity index (χ2v) is 3.40. The van der Waals surface area contributed by atoms with Crippen LogP contribution in [0.3, 0.4) is 0 Å². The number of rotatable bonds is 4. The molecule has 0 aliphatic heterocycles. The molecule has 7 nitrogen and oxygen atoms in total. The molecule has 1 rings (SSSR count). The zero-order chi connectivity index (χ0) is 13.0. The third-order valence-corrected chi connectivity index (χ3v) is 2.13. The van der Waals surface area contributed by atoms with Crippen LogP contribution in [0.25, 0.3) is 0 Å². The van der Waals surface area contributed by atoms with Crippen LogP contribution in [0.2, 0.25) is 0 Å². The largest absolute Gasteiger partial charge is 0.388 e. The van der Waals surface area contributed by atoms with E-state index in [1.807, 2.05) is 0 Å². The number of nitrogens with zero attached hydrogens (tertiary/aromatic N) is 2. The molecule has 0 unspecified atom stereocenters. The highest BCUT2D eigenvalue weighted by Gasteiger charge is 2.20. The third-order valence-electron chi connectivity index (χ3n) is 2.13. The van der Waals surface area contributed by atoms with Crippen molar-refractivity contribution in [2.45, 2.75) is 6.92 Å². The monoisotopic (exact) mass is 237 g/mol. The average molecular weight is 237 g/mol. The van der Waals surface area contributed by atoms with Gasteiger partial charge in [0.25, 0.3) is 0 Å². The van der Waals surface area contributed by atoms with Crippen molar-refractivity contribution in [1.82, 2.24) is 0 Å². The first-order chi connectivity index (χ1) is 7.99. The number of nitro benzene ring substituents is 1. The van der Waals surface area contributed by atoms with Crippen LogP contribution >= 0.6 is 0 Å². The smallest absolute Gasteiger partial charge is 0.317 e. The van der Waals surface area contributed by atoms with Gasteiger partial charge in [-0.15, -0.1) is 0 Å². The van der Waals surface area contributed by atoms with Crippen molar-refractivity contribution in [3.05, 3.63) is 22.2 Å². The molecular formula is C10H15N5O2. The van der Waals surface area contributed by atoms with Crippen molar-refractivity contribution < 1.29 is 4.92 Å². The minimum absolute atomic E-state index is 0.0868. The summed E-state index contributed by atoms with van der Waals surface area (Å²) in [4.78, 5) is 14.5. The lowest BCUT2D eigenvalue weighted by Crippen LogP contribution is -2.05. The van der Waals surface area contributed by atoms with Gasteiger partial charge in [0.1, 0.15) is 11.4 Å². The van der Waals surface area contributed by atoms with Gasteiger partial charge in [0.05, 0.1) is 10.8 Å². The number of nitro groups is 1. The van der Waals surface area contributed by atoms with Crippen LogP contribution in [-0.4, -0.2) is 24.9 Å². The molecule has 0 spiro atoms. The van der Waals surface area contributed by atoms with E-state index in [0.717, 1.165) is 5.69 Å². The Morgan fingerprint density at radius 3 is 2.47 bits per heavy atom. The molecule has 0 radical (unpaired) electrons. The number of benzene rings is 1. The van der Waals surface area contributed by atoms with Gasteiger partial charge in [0, 0.05) is 19.8 Å². The van der Waals surface area contributed by atoms with Gasteiger partial charge in [-0.1, -0.05) is 0 Å². The molecule has 0 amide bonds. The highest BCUT2D eigenvalue weighted by Crippen LogP contribution is 2.38. The Balaban J connectivity index is 3.52. The maximum atomic E-state index is 11.0. The summed E-state index contributed by atoms with van der Waals surface area (Å²) in [7, 11) is 3.34. The fourth-order valence-corrected chi connectivity index (χ4v) is 1.42. The topological polar surface area (TPSA) is 106 Å². The number of hydrogen-bond acceptors (Lipinski definition) is 5. The van der Waals surface area contributed by atoms with Crippen LogP contribution in [-0.2, 0) is 0 Å². The van der Waals surface area contributed by atoms with Gasteiger partial charge in [-0.05, 0) is 19.1 Å². The lowest BCUT2D eigenvalue weighted by Gasteiger charge is -2.08. The summed E-state index contributed by atoms with van der Waals surface area (Å²) in [6.45, 7) is 1.58. The summed E-state index contributed by atoms with van der Waals surface area (Å²) in [5.41, 5.74) is 6.72. The van der Waals surface area contributed by atoms with Gasteiger partial charge in [-0.3, -0.25) is 10.1 Å². The van der Waals surface area contributed by atoms with Crippen molar-refractivity contribution in [2.24, 2.45) is 10.7 Å². The second-order valence-electron chi connectivity index (χ2n) is 3.40. The van der Waals surface area contributed by atoms with E-state index in [1.165, 1.54) is 0 Å². The molecule has 4 N–H and O–H groups in total. The molecule has 17 heavy (non-hydrogen) atoms. The van der Waals surface area contributed by atoms with E-state index in [2.05, 4.69) is 15.6 Å². The number of anilines is 2. The van der Waals surface area contributed by atoms with Gasteiger partial charge >= 0.3 is 5.69 Å². The van der Waals surface area contributed by atoms with Gasteiger partial charge in [0.2, 0.25) is 0 Å². The SMILES string of the molecule is CNc1cc(N=C(C)N)c([N+](=O)[O-])c(NC)c1. The molecule has 0 aromatic heterocycles. The minimum atomic E-state index is -0.479. The van der Waals surface area contributed by atoms with Crippen molar-refractivity contribution in [2.75, 3.05) is 24.7 Å². The van der Waals surface area contributed by atoms with Crippen LogP contribution in [0.1, 0.15) is 6.92 Å². The molecule has 7 heteroatoms. The molecule has 0 aliphatic carbocycles. The molecule has 0 aliphatic rings. The standard InChI is InChI=1S/C10H15N5O2/c1-6(11)14-9-5-7(12-2)4-8(13-3)10(9)15(16)17/h4-5,12-13H,1-3H3,(H2,11,14). The fourth-order valence-electron chi connectivity index (χ4n) is 1.42. The number of nitrogens with one attached hydrogen (secondary N) is 2. The summed E-state index contributed by atoms with van der Waals surface area (Å²) in [5.74, 6) is 0.267. The van der Waals surface area contributed by atoms with Crippen LogP contribution < -0.4 is 16.4 Å². The van der Waals surface area contributed by atoms with E-state index in [-0.39, 0.29) is 17.2 Å². The molecule has 92 valence electrons. The van der Waals surface area contributed by atoms with Gasteiger partial charge in [-0.25, -0.2) is 4.99 Å². The zero-order valence-electron chi connectivity index (χ0n) is 9.94. The van der Waals surface area contributed by atoms with E-state index in [4.69, 9.17) is 5.73 Å². The third kappa shape index (κ3) is 2.83. The summed E-state index contributed by atoms with van der Waals surface area (Å²) < 4.78 is 0. The first-order valence-electron chi connectivity index (χ1n) is 4.98. The first-order valence-corrected chi connectivity index (χ1v) is 4.98. The quantitative estimate of drug-likeness (QED) is 0.320. The summed E-state index contributed by atoms with van der Waals surface area (Å²) in [5, 5.41) is 16.7. The lowest BCUT2D eigenvalue weighted by molar-refractivity contribution is -0.383. The molecule has 1 aromatic carbocycles. The van der Waals surface area contributed by atoms with Crippen LogP contribution in [0, 0.1) is 10.1 Å². The Morgan fingerprint density at radius 2 is 2.06 bits per heavy atom. The maximum Gasteiger partial charge on any atom is 0.317 e. The first kappa shape index (κ1) is 12.8. The summed E-state index contributed by atoms with van der Waals surface area (Å²) >= 11 is 0. The van der Waals surface area contributed by atoms with E-state index < -0.39 is 4.92 Å². The van der Waals surface area contributed by atoms with Crippen LogP contribution in [0.4, 0.5) is 22.7 Å². The van der Waals surface area contributed by atoms with Crippen molar-refractivity contribution >= 4 is 28.6 Å². The van der Waals surface area contributed by atoms with E-state index in [1.54, 1.807) is 33.2 Å². The summed E-state index contributed by atoms with van der Waals surface area (Å²) in [6.07, 6.45) is 0. The molecule has 0 atom stereocenters. The van der Waals surface area contributed by atoms with E-state index in [0.29, 0.717) is 5.69 Å². The normalized spacial score (nSPS) is 11.1. The summed E-state index contributed by atoms with van der Waals surface area (Å²) in [6, 6.07) is 3.22. The molecule has 0 saturated heterocycles. The molecule has 0 heterocycles. The van der Waals surface area contributed by atoms with Crippen molar-refractivity contribution in [1.29, 1.82) is 0 Å². The van der Waals surface area contributed by atoms with Crippen LogP contribution in [0.15, 0.2) is 17.1 Å². The molecule has 0 bridgehead atoms. The molecular weight excluding hydrogens is 222 g/mol. The predicted molar refractivity (Wildman–Crippen MR) is 69.1 cm³/mol. The minimum Gasteiger partial charge on any atom is -0.388 e. The predicted octanol–water partition coefficient (Wildman–Crippen LogP) is 1.69. The Kier molecular flexibility index (Phi) is 3.86. The Bertz CT molecular complexity index is 466. The highest BCUT2D eigenvalue weighted by atomic mass is 16.6. The van der Waals surface area contributed by atoms with E-state index >= 15 is 0 Å². The number of hydrogen-bond donors (Lipinski definition) is 3. The number of amidine groups is 1. The average Bonchev–Trinajstić information content (AvgIpc) is 2.26. The Morgan fingerprint density at radius 1 is 1.41 bits per heavy atom. The van der Waals surface area contributed by atoms with Crippen molar-refractivity contribution in [3.63, 3.8) is 0 Å². The maximum absolute atomic E-state index is 11.0. The molecule has 0 saturated carbocycles. The molecule has 0 fully saturated rings. The Labute approximate surface area is 98.9 Å². The zero-order valence-corrected chi connectivity index (χ0v) is 9.94. The number of nitrogens with two attached hydrogens (primary N) is 1. The van der Waals surface area contributed by atoms with Gasteiger partial charge in [-0.2, -0.15) is 0 Å². The Hall–Kier alpha value is -2.31. The van der Waals surface area contributed by atoms with E-state index in [9.17, 15) is 10.1 Å². The second kappa shape index (κ2) is 5.15. The fraction of sp³-hybridized carbons (Fsp3) is 0.300.